The topological polar surface area (TPSA) is 86.0 Å². The Hall–Kier alpha value is -3.29. The molecule has 0 bridgehead atoms. The molecule has 0 spiro atoms. The summed E-state index contributed by atoms with van der Waals surface area (Å²) in [5.74, 6) is 1.69. The molecule has 3 heterocycles. The van der Waals surface area contributed by atoms with Gasteiger partial charge in [-0.3, -0.25) is 9.78 Å². The second-order valence-corrected chi connectivity index (χ2v) is 6.89. The molecule has 1 atom stereocenters. The molecule has 8 heteroatoms. The predicted octanol–water partition coefficient (Wildman–Crippen LogP) is 2.30. The molecule has 1 aliphatic rings. The quantitative estimate of drug-likeness (QED) is 0.677. The Kier molecular flexibility index (Phi) is 5.27. The fourth-order valence-electron chi connectivity index (χ4n) is 3.48. The zero-order chi connectivity index (χ0) is 19.3. The minimum Gasteiger partial charge on any atom is -0.497 e. The van der Waals surface area contributed by atoms with Crippen LogP contribution in [0.1, 0.15) is 23.2 Å². The molecule has 1 amide bonds. The van der Waals surface area contributed by atoms with Crippen molar-refractivity contribution in [3.63, 3.8) is 0 Å². The lowest BCUT2D eigenvalue weighted by Gasteiger charge is -2.32. The summed E-state index contributed by atoms with van der Waals surface area (Å²) in [6.07, 6.45) is 5.43. The fraction of sp³-hybridized carbons (Fsp3) is 0.350. The van der Waals surface area contributed by atoms with Crippen LogP contribution in [0.4, 0.5) is 0 Å². The lowest BCUT2D eigenvalue weighted by atomic mass is 9.97. The van der Waals surface area contributed by atoms with Gasteiger partial charge in [0.1, 0.15) is 5.75 Å². The molecule has 1 aliphatic heterocycles. The van der Waals surface area contributed by atoms with Crippen LogP contribution in [0.3, 0.4) is 0 Å². The van der Waals surface area contributed by atoms with Crippen LogP contribution in [0.2, 0.25) is 0 Å². The van der Waals surface area contributed by atoms with Gasteiger partial charge in [-0.25, -0.2) is 0 Å². The van der Waals surface area contributed by atoms with Crippen LogP contribution >= 0.6 is 0 Å². The highest BCUT2D eigenvalue weighted by molar-refractivity contribution is 5.94. The smallest absolute Gasteiger partial charge is 0.253 e. The van der Waals surface area contributed by atoms with Crippen LogP contribution in [0.15, 0.2) is 48.8 Å². The van der Waals surface area contributed by atoms with Gasteiger partial charge in [0.05, 0.1) is 13.7 Å². The van der Waals surface area contributed by atoms with Gasteiger partial charge in [0, 0.05) is 36.6 Å². The Labute approximate surface area is 163 Å². The summed E-state index contributed by atoms with van der Waals surface area (Å²) in [5.41, 5.74) is 1.57. The number of amides is 1. The van der Waals surface area contributed by atoms with Crippen molar-refractivity contribution in [2.45, 2.75) is 19.4 Å². The first-order valence-corrected chi connectivity index (χ1v) is 9.34. The zero-order valence-corrected chi connectivity index (χ0v) is 15.7. The van der Waals surface area contributed by atoms with Gasteiger partial charge in [-0.2, -0.15) is 4.80 Å². The fourth-order valence-corrected chi connectivity index (χ4v) is 3.48. The molecule has 1 fully saturated rings. The number of rotatable bonds is 5. The van der Waals surface area contributed by atoms with Crippen LogP contribution in [0.5, 0.6) is 5.75 Å². The van der Waals surface area contributed by atoms with Gasteiger partial charge in [0.25, 0.3) is 5.91 Å². The number of aromatic nitrogens is 5. The summed E-state index contributed by atoms with van der Waals surface area (Å²) in [6.45, 7) is 2.11. The highest BCUT2D eigenvalue weighted by Gasteiger charge is 2.25. The molecule has 0 N–H and O–H groups in total. The summed E-state index contributed by atoms with van der Waals surface area (Å²) in [5, 5.41) is 12.8. The van der Waals surface area contributed by atoms with Crippen LogP contribution < -0.4 is 4.74 Å². The summed E-state index contributed by atoms with van der Waals surface area (Å²) in [7, 11) is 1.62. The Morgan fingerprint density at radius 2 is 1.96 bits per heavy atom. The lowest BCUT2D eigenvalue weighted by Crippen LogP contribution is -2.41. The Balaban J connectivity index is 1.40. The van der Waals surface area contributed by atoms with Gasteiger partial charge < -0.3 is 9.64 Å². The number of tetrazole rings is 1. The summed E-state index contributed by atoms with van der Waals surface area (Å²) in [6, 6.07) is 11.0. The first kappa shape index (κ1) is 18.1. The monoisotopic (exact) mass is 378 g/mol. The van der Waals surface area contributed by atoms with Crippen LogP contribution in [-0.2, 0) is 6.54 Å². The zero-order valence-electron chi connectivity index (χ0n) is 15.7. The van der Waals surface area contributed by atoms with E-state index in [-0.39, 0.29) is 5.91 Å². The van der Waals surface area contributed by atoms with Crippen LogP contribution in [-0.4, -0.2) is 56.2 Å². The highest BCUT2D eigenvalue weighted by atomic mass is 16.5. The normalized spacial score (nSPS) is 16.8. The number of methoxy groups -OCH3 is 1. The Morgan fingerprint density at radius 1 is 1.18 bits per heavy atom. The molecule has 8 nitrogen and oxygen atoms in total. The number of ether oxygens (including phenoxy) is 1. The highest BCUT2D eigenvalue weighted by Crippen LogP contribution is 2.21. The van der Waals surface area contributed by atoms with Crippen molar-refractivity contribution in [3.8, 4) is 17.1 Å². The molecule has 2 aromatic heterocycles. The molecule has 0 unspecified atom stereocenters. The second-order valence-electron chi connectivity index (χ2n) is 6.89. The van der Waals surface area contributed by atoms with Gasteiger partial charge in [-0.05, 0) is 60.4 Å². The second kappa shape index (κ2) is 8.16. The van der Waals surface area contributed by atoms with Gasteiger partial charge in [-0.1, -0.05) is 0 Å². The van der Waals surface area contributed by atoms with Crippen molar-refractivity contribution in [2.24, 2.45) is 5.92 Å². The summed E-state index contributed by atoms with van der Waals surface area (Å²) >= 11 is 0. The van der Waals surface area contributed by atoms with E-state index in [4.69, 9.17) is 4.74 Å². The van der Waals surface area contributed by atoms with Crippen molar-refractivity contribution in [1.82, 2.24) is 30.1 Å². The summed E-state index contributed by atoms with van der Waals surface area (Å²) in [4.78, 5) is 20.4. The van der Waals surface area contributed by atoms with Crippen molar-refractivity contribution < 1.29 is 9.53 Å². The lowest BCUT2D eigenvalue weighted by molar-refractivity contribution is 0.0656. The van der Waals surface area contributed by atoms with Crippen molar-refractivity contribution >= 4 is 5.91 Å². The third kappa shape index (κ3) is 4.00. The van der Waals surface area contributed by atoms with Gasteiger partial charge >= 0.3 is 0 Å². The number of pyridine rings is 1. The van der Waals surface area contributed by atoms with E-state index in [0.29, 0.717) is 30.4 Å². The molecule has 1 saturated heterocycles. The average Bonchev–Trinajstić information content (AvgIpc) is 3.22. The maximum absolute atomic E-state index is 12.8. The van der Waals surface area contributed by atoms with Gasteiger partial charge in [0.15, 0.2) is 0 Å². The number of carbonyl (C=O) groups is 1. The van der Waals surface area contributed by atoms with Gasteiger partial charge in [0.2, 0.25) is 5.82 Å². The van der Waals surface area contributed by atoms with E-state index in [9.17, 15) is 4.79 Å². The predicted molar refractivity (Wildman–Crippen MR) is 103 cm³/mol. The average molecular weight is 378 g/mol. The number of likely N-dealkylation sites (tertiary alicyclic amines) is 1. The largest absolute Gasteiger partial charge is 0.497 e. The van der Waals surface area contributed by atoms with E-state index >= 15 is 0 Å². The van der Waals surface area contributed by atoms with Gasteiger partial charge in [-0.15, -0.1) is 10.2 Å². The first-order valence-electron chi connectivity index (χ1n) is 9.34. The standard InChI is InChI=1S/C20H22N6O2/c1-28-18-6-4-17(5-7-18)20(27)25-12-2-3-15(13-25)14-26-23-19(22-24-26)16-8-10-21-11-9-16/h4-11,15H,2-3,12-14H2,1H3/t15-/m1/s1. The number of benzene rings is 1. The molecule has 3 aromatic rings. The number of hydrogen-bond acceptors (Lipinski definition) is 6. The maximum atomic E-state index is 12.8. The van der Waals surface area contributed by atoms with Crippen LogP contribution in [0.25, 0.3) is 11.4 Å². The molecular weight excluding hydrogens is 356 g/mol. The van der Waals surface area contributed by atoms with Crippen molar-refractivity contribution in [3.05, 3.63) is 54.4 Å². The molecule has 0 aliphatic carbocycles. The first-order chi connectivity index (χ1) is 13.7. The molecule has 28 heavy (non-hydrogen) atoms. The van der Waals surface area contributed by atoms with E-state index < -0.39 is 0 Å². The molecular formula is C20H22N6O2. The van der Waals surface area contributed by atoms with Crippen molar-refractivity contribution in [2.75, 3.05) is 20.2 Å². The molecule has 0 radical (unpaired) electrons. The maximum Gasteiger partial charge on any atom is 0.253 e. The molecule has 1 aromatic carbocycles. The van der Waals surface area contributed by atoms with E-state index in [0.717, 1.165) is 30.7 Å². The minimum absolute atomic E-state index is 0.0522. The van der Waals surface area contributed by atoms with Crippen LogP contribution in [0, 0.1) is 5.92 Å². The third-order valence-electron chi connectivity index (χ3n) is 4.96. The Morgan fingerprint density at radius 3 is 2.71 bits per heavy atom. The molecule has 144 valence electrons. The third-order valence-corrected chi connectivity index (χ3v) is 4.96. The Bertz CT molecular complexity index is 925. The van der Waals surface area contributed by atoms with E-state index in [2.05, 4.69) is 20.4 Å². The van der Waals surface area contributed by atoms with Crippen molar-refractivity contribution in [1.29, 1.82) is 0 Å². The number of hydrogen-bond donors (Lipinski definition) is 0. The van der Waals surface area contributed by atoms with E-state index in [1.165, 1.54) is 0 Å². The molecule has 4 rings (SSSR count). The van der Waals surface area contributed by atoms with E-state index in [1.54, 1.807) is 24.3 Å². The van der Waals surface area contributed by atoms with E-state index in [1.807, 2.05) is 41.3 Å². The molecule has 0 saturated carbocycles. The SMILES string of the molecule is COc1ccc(C(=O)N2CCC[C@@H](Cn3nnc(-c4ccncc4)n3)C2)cc1. The number of nitrogens with zero attached hydrogens (tertiary/aromatic N) is 6. The number of piperidine rings is 1. The summed E-state index contributed by atoms with van der Waals surface area (Å²) < 4.78 is 5.16. The number of carbonyl (C=O) groups excluding carboxylic acids is 1. The minimum atomic E-state index is 0.0522.